The van der Waals surface area contributed by atoms with E-state index in [1.807, 2.05) is 13.8 Å². The maximum atomic E-state index is 11.9. The number of aromatic hydroxyl groups is 1. The SMILES string of the molecule is CCOc1cc(/C=N/NC(=O)COc2cc(C)c(Cl)c(C)c2)cc(Cl)c1O. The number of hydrogen-bond acceptors (Lipinski definition) is 5. The molecule has 6 nitrogen and oxygen atoms in total. The molecule has 0 bridgehead atoms. The van der Waals surface area contributed by atoms with Crippen LogP contribution in [0.15, 0.2) is 29.4 Å². The van der Waals surface area contributed by atoms with Crippen molar-refractivity contribution in [3.05, 3.63) is 51.0 Å². The van der Waals surface area contributed by atoms with Gasteiger partial charge in [-0.3, -0.25) is 4.79 Å². The Bertz CT molecular complexity index is 846. The van der Waals surface area contributed by atoms with E-state index in [0.717, 1.165) is 11.1 Å². The molecule has 0 aliphatic rings. The molecular formula is C19H20Cl2N2O4. The van der Waals surface area contributed by atoms with Gasteiger partial charge in [-0.25, -0.2) is 5.43 Å². The molecule has 2 aromatic carbocycles. The molecule has 0 aliphatic heterocycles. The van der Waals surface area contributed by atoms with E-state index in [-0.39, 0.29) is 23.1 Å². The Kier molecular flexibility index (Phi) is 7.33. The highest BCUT2D eigenvalue weighted by molar-refractivity contribution is 6.32. The summed E-state index contributed by atoms with van der Waals surface area (Å²) in [5.74, 6) is 0.239. The van der Waals surface area contributed by atoms with Crippen molar-refractivity contribution in [3.8, 4) is 17.2 Å². The number of nitrogens with one attached hydrogen (secondary N) is 1. The van der Waals surface area contributed by atoms with Crippen LogP contribution in [-0.4, -0.2) is 30.4 Å². The summed E-state index contributed by atoms with van der Waals surface area (Å²) in [6.07, 6.45) is 1.39. The second-order valence-electron chi connectivity index (χ2n) is 5.74. The Balaban J connectivity index is 1.94. The summed E-state index contributed by atoms with van der Waals surface area (Å²) in [4.78, 5) is 11.9. The Hall–Kier alpha value is -2.44. The predicted molar refractivity (Wildman–Crippen MR) is 106 cm³/mol. The molecule has 2 N–H and O–H groups in total. The van der Waals surface area contributed by atoms with E-state index >= 15 is 0 Å². The third-order valence-corrected chi connectivity index (χ3v) is 4.42. The van der Waals surface area contributed by atoms with Gasteiger partial charge >= 0.3 is 0 Å². The number of benzene rings is 2. The highest BCUT2D eigenvalue weighted by Crippen LogP contribution is 2.34. The Morgan fingerprint density at radius 1 is 1.19 bits per heavy atom. The molecule has 0 atom stereocenters. The zero-order valence-electron chi connectivity index (χ0n) is 15.2. The molecule has 2 rings (SSSR count). The Labute approximate surface area is 167 Å². The van der Waals surface area contributed by atoms with Gasteiger partial charge in [0.1, 0.15) is 5.75 Å². The van der Waals surface area contributed by atoms with E-state index in [0.29, 0.717) is 22.9 Å². The lowest BCUT2D eigenvalue weighted by molar-refractivity contribution is -0.123. The molecule has 0 spiro atoms. The summed E-state index contributed by atoms with van der Waals surface area (Å²) < 4.78 is 10.7. The van der Waals surface area contributed by atoms with E-state index in [9.17, 15) is 9.90 Å². The fourth-order valence-electron chi connectivity index (χ4n) is 2.28. The average Bonchev–Trinajstić information content (AvgIpc) is 2.62. The highest BCUT2D eigenvalue weighted by atomic mass is 35.5. The van der Waals surface area contributed by atoms with Gasteiger partial charge in [0, 0.05) is 5.02 Å². The molecule has 0 aromatic heterocycles. The number of nitrogens with zero attached hydrogens (tertiary/aromatic N) is 1. The van der Waals surface area contributed by atoms with Crippen LogP contribution >= 0.6 is 23.2 Å². The molecule has 144 valence electrons. The van der Waals surface area contributed by atoms with Gasteiger partial charge in [-0.15, -0.1) is 0 Å². The molecule has 0 saturated carbocycles. The van der Waals surface area contributed by atoms with Crippen molar-refractivity contribution in [2.24, 2.45) is 5.10 Å². The van der Waals surface area contributed by atoms with Crippen LogP contribution in [0.5, 0.6) is 17.2 Å². The van der Waals surface area contributed by atoms with Crippen LogP contribution < -0.4 is 14.9 Å². The number of amides is 1. The molecule has 0 unspecified atom stereocenters. The first-order chi connectivity index (χ1) is 12.8. The fraction of sp³-hybridized carbons (Fsp3) is 0.263. The predicted octanol–water partition coefficient (Wildman–Crippen LogP) is 4.24. The lowest BCUT2D eigenvalue weighted by atomic mass is 10.1. The van der Waals surface area contributed by atoms with E-state index < -0.39 is 5.91 Å². The molecule has 8 heteroatoms. The van der Waals surface area contributed by atoms with Crippen LogP contribution in [0.4, 0.5) is 0 Å². The first-order valence-electron chi connectivity index (χ1n) is 8.18. The topological polar surface area (TPSA) is 80.2 Å². The number of phenols is 1. The monoisotopic (exact) mass is 410 g/mol. The van der Waals surface area contributed by atoms with Gasteiger partial charge in [0.2, 0.25) is 0 Å². The van der Waals surface area contributed by atoms with Crippen LogP contribution in [0.25, 0.3) is 0 Å². The first-order valence-corrected chi connectivity index (χ1v) is 8.94. The summed E-state index contributed by atoms with van der Waals surface area (Å²) in [6, 6.07) is 6.60. The maximum absolute atomic E-state index is 11.9. The molecule has 1 amide bonds. The number of hydrazone groups is 1. The quantitative estimate of drug-likeness (QED) is 0.528. The largest absolute Gasteiger partial charge is 0.503 e. The number of phenolic OH excluding ortho intramolecular Hbond substituents is 1. The minimum absolute atomic E-state index is 0.130. The lowest BCUT2D eigenvalue weighted by Gasteiger charge is -2.09. The van der Waals surface area contributed by atoms with E-state index in [4.69, 9.17) is 32.7 Å². The van der Waals surface area contributed by atoms with Gasteiger partial charge < -0.3 is 14.6 Å². The van der Waals surface area contributed by atoms with Crippen molar-refractivity contribution in [2.75, 3.05) is 13.2 Å². The van der Waals surface area contributed by atoms with Crippen molar-refractivity contribution in [1.29, 1.82) is 0 Å². The number of ether oxygens (including phenoxy) is 2. The van der Waals surface area contributed by atoms with Crippen molar-refractivity contribution in [1.82, 2.24) is 5.43 Å². The molecule has 0 saturated heterocycles. The third-order valence-electron chi connectivity index (χ3n) is 3.53. The first kappa shape index (κ1) is 20.9. The van der Waals surface area contributed by atoms with E-state index in [1.54, 1.807) is 25.1 Å². The second-order valence-corrected chi connectivity index (χ2v) is 6.52. The summed E-state index contributed by atoms with van der Waals surface area (Å²) in [5, 5.41) is 14.5. The normalized spacial score (nSPS) is 10.9. The maximum Gasteiger partial charge on any atom is 0.277 e. The number of aryl methyl sites for hydroxylation is 2. The van der Waals surface area contributed by atoms with Gasteiger partial charge in [-0.1, -0.05) is 23.2 Å². The summed E-state index contributed by atoms with van der Waals surface area (Å²) in [5.41, 5.74) is 4.67. The Morgan fingerprint density at radius 3 is 2.48 bits per heavy atom. The van der Waals surface area contributed by atoms with Crippen LogP contribution in [0.2, 0.25) is 10.0 Å². The highest BCUT2D eigenvalue weighted by Gasteiger charge is 2.09. The zero-order chi connectivity index (χ0) is 20.0. The number of halogens is 2. The molecule has 0 heterocycles. The fourth-order valence-corrected chi connectivity index (χ4v) is 2.61. The van der Waals surface area contributed by atoms with Crippen LogP contribution in [0.3, 0.4) is 0 Å². The zero-order valence-corrected chi connectivity index (χ0v) is 16.7. The van der Waals surface area contributed by atoms with Crippen molar-refractivity contribution in [3.63, 3.8) is 0 Å². The van der Waals surface area contributed by atoms with Gasteiger partial charge in [0.25, 0.3) is 5.91 Å². The number of hydrogen-bond donors (Lipinski definition) is 2. The standard InChI is InChI=1S/C19H20Cl2N2O4/c1-4-26-16-8-13(7-15(20)19(16)25)9-22-23-17(24)10-27-14-5-11(2)18(21)12(3)6-14/h5-9,25H,4,10H2,1-3H3,(H,23,24)/b22-9+. The number of carbonyl (C=O) groups is 1. The van der Waals surface area contributed by atoms with Gasteiger partial charge in [0.15, 0.2) is 18.1 Å². The molecule has 0 radical (unpaired) electrons. The molecule has 0 fully saturated rings. The van der Waals surface area contributed by atoms with Gasteiger partial charge in [-0.05, 0) is 61.7 Å². The van der Waals surface area contributed by atoms with Crippen molar-refractivity contribution >= 4 is 35.3 Å². The second kappa shape index (κ2) is 9.48. The summed E-state index contributed by atoms with van der Waals surface area (Å²) in [7, 11) is 0. The molecular weight excluding hydrogens is 391 g/mol. The van der Waals surface area contributed by atoms with E-state index in [2.05, 4.69) is 10.5 Å². The number of rotatable bonds is 7. The lowest BCUT2D eigenvalue weighted by Crippen LogP contribution is -2.24. The van der Waals surface area contributed by atoms with Crippen molar-refractivity contribution in [2.45, 2.75) is 20.8 Å². The van der Waals surface area contributed by atoms with Gasteiger partial charge in [0.05, 0.1) is 17.8 Å². The summed E-state index contributed by atoms with van der Waals surface area (Å²) in [6.45, 7) is 5.70. The van der Waals surface area contributed by atoms with Crippen LogP contribution in [-0.2, 0) is 4.79 Å². The van der Waals surface area contributed by atoms with Crippen LogP contribution in [0.1, 0.15) is 23.6 Å². The minimum atomic E-state index is -0.425. The average molecular weight is 411 g/mol. The van der Waals surface area contributed by atoms with E-state index in [1.165, 1.54) is 12.3 Å². The van der Waals surface area contributed by atoms with Crippen molar-refractivity contribution < 1.29 is 19.4 Å². The van der Waals surface area contributed by atoms with Gasteiger partial charge in [-0.2, -0.15) is 5.10 Å². The summed E-state index contributed by atoms with van der Waals surface area (Å²) >= 11 is 12.0. The number of carbonyl (C=O) groups excluding carboxylic acids is 1. The van der Waals surface area contributed by atoms with Crippen LogP contribution in [0, 0.1) is 13.8 Å². The smallest absolute Gasteiger partial charge is 0.277 e. The molecule has 2 aromatic rings. The minimum Gasteiger partial charge on any atom is -0.503 e. The third kappa shape index (κ3) is 5.77. The molecule has 27 heavy (non-hydrogen) atoms. The molecule has 0 aliphatic carbocycles. The Morgan fingerprint density at radius 2 is 1.85 bits per heavy atom.